The summed E-state index contributed by atoms with van der Waals surface area (Å²) in [4.78, 5) is 0. The van der Waals surface area contributed by atoms with Gasteiger partial charge >= 0.3 is 0 Å². The van der Waals surface area contributed by atoms with Crippen LogP contribution in [0.5, 0.6) is 0 Å². The third kappa shape index (κ3) is 1.58. The Morgan fingerprint density at radius 2 is 2.33 bits per heavy atom. The summed E-state index contributed by atoms with van der Waals surface area (Å²) >= 11 is 0. The van der Waals surface area contributed by atoms with Gasteiger partial charge in [-0.2, -0.15) is 0 Å². The van der Waals surface area contributed by atoms with Crippen LogP contribution >= 0.6 is 0 Å². The largest absolute Gasteiger partial charge is 0.125 e. The standard InChI is InChI=1S/C9H10/c1(2-8-4-5-8)3-9-6-7-9/h2-4,9H,5-7H2. The molecule has 0 amide bonds. The molecule has 0 spiro atoms. The number of hydrogen-bond donors (Lipinski definition) is 0. The molecule has 2 rings (SSSR count). The van der Waals surface area contributed by atoms with E-state index in [1.54, 1.807) is 0 Å². The van der Waals surface area contributed by atoms with Crippen LogP contribution in [0.2, 0.25) is 0 Å². The van der Waals surface area contributed by atoms with Crippen molar-refractivity contribution in [3.8, 4) is 0 Å². The minimum Gasteiger partial charge on any atom is -0.125 e. The summed E-state index contributed by atoms with van der Waals surface area (Å²) in [5.41, 5.74) is 4.64. The Bertz CT molecular complexity index is 198. The Labute approximate surface area is 55.6 Å². The van der Waals surface area contributed by atoms with Crippen LogP contribution in [-0.2, 0) is 0 Å². The lowest BCUT2D eigenvalue weighted by molar-refractivity contribution is 1.13. The zero-order valence-electron chi connectivity index (χ0n) is 5.43. The predicted molar refractivity (Wildman–Crippen MR) is 38.1 cm³/mol. The second-order valence-corrected chi connectivity index (χ2v) is 2.80. The Balaban J connectivity index is 1.90. The molecule has 0 heteroatoms. The van der Waals surface area contributed by atoms with Gasteiger partial charge in [0, 0.05) is 0 Å². The van der Waals surface area contributed by atoms with Crippen LogP contribution in [0.1, 0.15) is 19.3 Å². The first-order valence-corrected chi connectivity index (χ1v) is 3.57. The zero-order valence-corrected chi connectivity index (χ0v) is 5.43. The van der Waals surface area contributed by atoms with Gasteiger partial charge < -0.3 is 0 Å². The van der Waals surface area contributed by atoms with Crippen LogP contribution in [-0.4, -0.2) is 0 Å². The van der Waals surface area contributed by atoms with Crippen LogP contribution < -0.4 is 0 Å². The molecule has 9 heavy (non-hydrogen) atoms. The molecular weight excluding hydrogens is 108 g/mol. The molecule has 0 aromatic heterocycles. The third-order valence-electron chi connectivity index (χ3n) is 1.66. The molecule has 0 unspecified atom stereocenters. The Morgan fingerprint density at radius 1 is 1.56 bits per heavy atom. The van der Waals surface area contributed by atoms with Gasteiger partial charge in [-0.15, -0.1) is 5.73 Å². The van der Waals surface area contributed by atoms with E-state index < -0.39 is 0 Å². The van der Waals surface area contributed by atoms with Gasteiger partial charge in [-0.25, -0.2) is 0 Å². The molecule has 1 saturated carbocycles. The molecule has 0 atom stereocenters. The van der Waals surface area contributed by atoms with E-state index in [-0.39, 0.29) is 0 Å². The summed E-state index contributed by atoms with van der Waals surface area (Å²) in [6.07, 6.45) is 10.5. The Kier molecular flexibility index (Phi) is 1.07. The van der Waals surface area contributed by atoms with Gasteiger partial charge in [-0.1, -0.05) is 6.08 Å². The van der Waals surface area contributed by atoms with E-state index in [0.717, 1.165) is 5.92 Å². The highest BCUT2D eigenvalue weighted by atomic mass is 14.2. The van der Waals surface area contributed by atoms with E-state index in [1.165, 1.54) is 24.8 Å². The van der Waals surface area contributed by atoms with Crippen LogP contribution in [0, 0.1) is 5.92 Å². The summed E-state index contributed by atoms with van der Waals surface area (Å²) in [5.74, 6) is 0.876. The summed E-state index contributed by atoms with van der Waals surface area (Å²) in [5, 5.41) is 0. The average molecular weight is 118 g/mol. The van der Waals surface area contributed by atoms with Gasteiger partial charge in [0.2, 0.25) is 0 Å². The molecular formula is C9H10. The summed E-state index contributed by atoms with van der Waals surface area (Å²) in [6.45, 7) is 0. The van der Waals surface area contributed by atoms with Crippen molar-refractivity contribution in [2.24, 2.45) is 5.92 Å². The SMILES string of the molecule is C(=CC1=CC1)=CC1CC1. The average Bonchev–Trinajstić information content (AvgIpc) is 2.57. The lowest BCUT2D eigenvalue weighted by Gasteiger charge is -1.69. The number of rotatable bonds is 2. The number of hydrogen-bond acceptors (Lipinski definition) is 0. The fourth-order valence-corrected chi connectivity index (χ4v) is 0.731. The van der Waals surface area contributed by atoms with E-state index in [1.807, 2.05) is 0 Å². The first-order valence-electron chi connectivity index (χ1n) is 3.57. The Hall–Kier alpha value is -0.740. The molecule has 0 saturated heterocycles. The van der Waals surface area contributed by atoms with Crippen molar-refractivity contribution >= 4 is 0 Å². The van der Waals surface area contributed by atoms with Crippen LogP contribution in [0.3, 0.4) is 0 Å². The maximum absolute atomic E-state index is 3.19. The molecule has 0 heterocycles. The minimum absolute atomic E-state index is 0.876. The molecule has 0 nitrogen and oxygen atoms in total. The van der Waals surface area contributed by atoms with E-state index in [2.05, 4.69) is 24.0 Å². The summed E-state index contributed by atoms with van der Waals surface area (Å²) < 4.78 is 0. The molecule has 0 aromatic rings. The first-order chi connectivity index (χ1) is 4.45. The topological polar surface area (TPSA) is 0 Å². The smallest absolute Gasteiger partial charge is 0.00882 e. The highest BCUT2D eigenvalue weighted by Gasteiger charge is 2.16. The summed E-state index contributed by atoms with van der Waals surface area (Å²) in [7, 11) is 0. The fraction of sp³-hybridized carbons (Fsp3) is 0.444. The predicted octanol–water partition coefficient (Wildman–Crippen LogP) is 2.44. The van der Waals surface area contributed by atoms with Gasteiger partial charge in [-0.3, -0.25) is 0 Å². The van der Waals surface area contributed by atoms with Gasteiger partial charge in [0.25, 0.3) is 0 Å². The van der Waals surface area contributed by atoms with Gasteiger partial charge in [0.05, 0.1) is 0 Å². The lowest BCUT2D eigenvalue weighted by atomic mass is 10.4. The lowest BCUT2D eigenvalue weighted by Crippen LogP contribution is -1.55. The molecule has 2 aliphatic carbocycles. The molecule has 0 N–H and O–H groups in total. The molecule has 0 aromatic carbocycles. The van der Waals surface area contributed by atoms with Crippen molar-refractivity contribution in [1.82, 2.24) is 0 Å². The third-order valence-corrected chi connectivity index (χ3v) is 1.66. The highest BCUT2D eigenvalue weighted by molar-refractivity contribution is 5.33. The molecule has 0 bridgehead atoms. The van der Waals surface area contributed by atoms with Crippen LogP contribution in [0.4, 0.5) is 0 Å². The quantitative estimate of drug-likeness (QED) is 0.488. The van der Waals surface area contributed by atoms with Crippen LogP contribution in [0.15, 0.2) is 29.5 Å². The van der Waals surface area contributed by atoms with E-state index >= 15 is 0 Å². The molecule has 0 radical (unpaired) electrons. The monoisotopic (exact) mass is 118 g/mol. The fourth-order valence-electron chi connectivity index (χ4n) is 0.731. The Morgan fingerprint density at radius 3 is 2.89 bits per heavy atom. The van der Waals surface area contributed by atoms with E-state index in [0.29, 0.717) is 0 Å². The highest BCUT2D eigenvalue weighted by Crippen LogP contribution is 2.29. The first kappa shape index (κ1) is 5.08. The summed E-state index contributed by atoms with van der Waals surface area (Å²) in [6, 6.07) is 0. The molecule has 46 valence electrons. The van der Waals surface area contributed by atoms with Crippen molar-refractivity contribution in [1.29, 1.82) is 0 Å². The van der Waals surface area contributed by atoms with Crippen molar-refractivity contribution in [2.45, 2.75) is 19.3 Å². The number of allylic oxidation sites excluding steroid dienone is 3. The maximum atomic E-state index is 3.19. The zero-order chi connectivity index (χ0) is 6.10. The van der Waals surface area contributed by atoms with Crippen molar-refractivity contribution in [3.05, 3.63) is 29.5 Å². The van der Waals surface area contributed by atoms with Gasteiger partial charge in [0.1, 0.15) is 0 Å². The second-order valence-electron chi connectivity index (χ2n) is 2.80. The van der Waals surface area contributed by atoms with Gasteiger partial charge in [0.15, 0.2) is 0 Å². The van der Waals surface area contributed by atoms with E-state index in [4.69, 9.17) is 0 Å². The van der Waals surface area contributed by atoms with E-state index in [9.17, 15) is 0 Å². The van der Waals surface area contributed by atoms with Crippen molar-refractivity contribution < 1.29 is 0 Å². The van der Waals surface area contributed by atoms with Crippen molar-refractivity contribution in [3.63, 3.8) is 0 Å². The molecule has 1 fully saturated rings. The minimum atomic E-state index is 0.876. The maximum Gasteiger partial charge on any atom is -0.00882 e. The molecule has 0 aliphatic heterocycles. The van der Waals surface area contributed by atoms with Crippen LogP contribution in [0.25, 0.3) is 0 Å². The van der Waals surface area contributed by atoms with Gasteiger partial charge in [-0.05, 0) is 42.9 Å². The van der Waals surface area contributed by atoms with Crippen molar-refractivity contribution in [2.75, 3.05) is 0 Å². The second kappa shape index (κ2) is 1.89. The normalized spacial score (nSPS) is 22.0. The molecule has 2 aliphatic rings.